The van der Waals surface area contributed by atoms with Crippen molar-refractivity contribution < 1.29 is 9.53 Å². The van der Waals surface area contributed by atoms with Gasteiger partial charge in [-0.15, -0.1) is 0 Å². The quantitative estimate of drug-likeness (QED) is 0.668. The molecular weight excluding hydrogens is 244 g/mol. The summed E-state index contributed by atoms with van der Waals surface area (Å²) in [4.78, 5) is 11.2. The lowest BCUT2D eigenvalue weighted by Crippen LogP contribution is -2.04. The molecule has 0 saturated heterocycles. The maximum Gasteiger partial charge on any atom is 0.188 e. The molecule has 0 aromatic heterocycles. The van der Waals surface area contributed by atoms with Crippen molar-refractivity contribution in [2.24, 2.45) is 5.92 Å². The van der Waals surface area contributed by atoms with Crippen molar-refractivity contribution in [3.63, 3.8) is 0 Å². The number of hydrogen-bond acceptors (Lipinski definition) is 3. The van der Waals surface area contributed by atoms with Gasteiger partial charge in [-0.2, -0.15) is 0 Å². The Morgan fingerprint density at radius 3 is 2.72 bits per heavy atom. The fraction of sp³-hybridized carbons (Fsp3) is 0.533. The molecule has 1 rings (SSSR count). The van der Waals surface area contributed by atoms with E-state index in [9.17, 15) is 4.79 Å². The second-order valence-corrected chi connectivity index (χ2v) is 5.43. The zero-order valence-corrected chi connectivity index (χ0v) is 12.0. The number of carbonyl (C=O) groups is 1. The molecule has 0 spiro atoms. The molecule has 18 heavy (non-hydrogen) atoms. The van der Waals surface area contributed by atoms with Gasteiger partial charge in [0, 0.05) is 13.0 Å². The lowest BCUT2D eigenvalue weighted by molar-refractivity contribution is -0.111. The van der Waals surface area contributed by atoms with Crippen LogP contribution in [0.2, 0.25) is 0 Å². The molecular formula is C15H22O2S. The number of carbonyl (C=O) groups excluding carboxylic acids is 1. The summed E-state index contributed by atoms with van der Waals surface area (Å²) in [5, 5.41) is 0.285. The summed E-state index contributed by atoms with van der Waals surface area (Å²) in [6.07, 6.45) is 4.61. The Bertz CT molecular complexity index is 338. The Balaban J connectivity index is 2.03. The van der Waals surface area contributed by atoms with E-state index < -0.39 is 0 Å². The lowest BCUT2D eigenvalue weighted by atomic mass is 10.0. The van der Waals surface area contributed by atoms with Crippen molar-refractivity contribution >= 4 is 16.9 Å². The number of ether oxygens (including phenoxy) is 1. The van der Waals surface area contributed by atoms with E-state index in [1.165, 1.54) is 17.3 Å². The first-order valence-electron chi connectivity index (χ1n) is 6.41. The highest BCUT2D eigenvalue weighted by Crippen LogP contribution is 2.14. The molecule has 0 heterocycles. The Labute approximate surface area is 114 Å². The first-order valence-corrected chi connectivity index (χ1v) is 7.63. The maximum atomic E-state index is 11.2. The van der Waals surface area contributed by atoms with E-state index >= 15 is 0 Å². The third kappa shape index (κ3) is 6.82. The van der Waals surface area contributed by atoms with E-state index in [2.05, 4.69) is 19.1 Å². The van der Waals surface area contributed by atoms with Gasteiger partial charge in [0.05, 0.1) is 6.61 Å². The minimum atomic E-state index is 0.285. The molecule has 1 aromatic carbocycles. The molecule has 0 aliphatic rings. The summed E-state index contributed by atoms with van der Waals surface area (Å²) >= 11 is 1.32. The molecule has 0 fully saturated rings. The van der Waals surface area contributed by atoms with Crippen LogP contribution in [0.4, 0.5) is 0 Å². The van der Waals surface area contributed by atoms with Gasteiger partial charge in [-0.05, 0) is 30.6 Å². The van der Waals surface area contributed by atoms with E-state index in [1.54, 1.807) is 0 Å². The Morgan fingerprint density at radius 1 is 1.33 bits per heavy atom. The molecule has 0 aliphatic heterocycles. The van der Waals surface area contributed by atoms with Crippen molar-refractivity contribution in [1.29, 1.82) is 0 Å². The van der Waals surface area contributed by atoms with Crippen LogP contribution in [0.25, 0.3) is 0 Å². The van der Waals surface area contributed by atoms with Crippen LogP contribution in [0, 0.1) is 5.92 Å². The second-order valence-electron chi connectivity index (χ2n) is 4.57. The first kappa shape index (κ1) is 15.3. The fourth-order valence-electron chi connectivity index (χ4n) is 1.77. The smallest absolute Gasteiger partial charge is 0.188 e. The van der Waals surface area contributed by atoms with Gasteiger partial charge in [-0.25, -0.2) is 0 Å². The highest BCUT2D eigenvalue weighted by molar-refractivity contribution is 8.13. The standard InChI is InChI=1S/C15H22O2S/c1-13(11-15(16)18-2)7-6-10-17-12-14-8-4-3-5-9-14/h3-5,8-9,13H,6-7,10-12H2,1-2H3/t13-/m1/s1. The zero-order valence-electron chi connectivity index (χ0n) is 11.2. The largest absolute Gasteiger partial charge is 0.377 e. The topological polar surface area (TPSA) is 26.3 Å². The molecule has 100 valence electrons. The molecule has 3 heteroatoms. The fourth-order valence-corrected chi connectivity index (χ4v) is 2.22. The van der Waals surface area contributed by atoms with E-state index in [0.717, 1.165) is 19.4 Å². The SMILES string of the molecule is CSC(=O)C[C@H](C)CCCOCc1ccccc1. The van der Waals surface area contributed by atoms with E-state index in [0.29, 0.717) is 18.9 Å². The van der Waals surface area contributed by atoms with Crippen LogP contribution in [0.1, 0.15) is 31.7 Å². The summed E-state index contributed by atoms with van der Waals surface area (Å²) in [6, 6.07) is 10.2. The summed E-state index contributed by atoms with van der Waals surface area (Å²) < 4.78 is 5.61. The molecule has 0 saturated carbocycles. The van der Waals surface area contributed by atoms with Crippen LogP contribution in [-0.4, -0.2) is 18.0 Å². The first-order chi connectivity index (χ1) is 8.72. The summed E-state index contributed by atoms with van der Waals surface area (Å²) in [5.74, 6) is 0.463. The predicted octanol–water partition coefficient (Wildman–Crippen LogP) is 3.90. The average molecular weight is 266 g/mol. The van der Waals surface area contributed by atoms with Crippen LogP contribution >= 0.6 is 11.8 Å². The van der Waals surface area contributed by atoms with Gasteiger partial charge in [0.15, 0.2) is 5.12 Å². The van der Waals surface area contributed by atoms with Crippen molar-refractivity contribution in [2.75, 3.05) is 12.9 Å². The minimum Gasteiger partial charge on any atom is -0.377 e. The van der Waals surface area contributed by atoms with Gasteiger partial charge < -0.3 is 4.74 Å². The van der Waals surface area contributed by atoms with Gasteiger partial charge >= 0.3 is 0 Å². The number of hydrogen-bond donors (Lipinski definition) is 0. The van der Waals surface area contributed by atoms with Crippen LogP contribution in [0.3, 0.4) is 0 Å². The predicted molar refractivity (Wildman–Crippen MR) is 77.6 cm³/mol. The summed E-state index contributed by atoms with van der Waals surface area (Å²) in [5.41, 5.74) is 1.21. The second kappa shape index (κ2) is 9.17. The molecule has 0 amide bonds. The number of rotatable bonds is 8. The van der Waals surface area contributed by atoms with Crippen molar-refractivity contribution in [3.8, 4) is 0 Å². The van der Waals surface area contributed by atoms with Gasteiger partial charge in [-0.3, -0.25) is 4.79 Å². The normalized spacial score (nSPS) is 12.3. The highest BCUT2D eigenvalue weighted by atomic mass is 32.2. The Hall–Kier alpha value is -0.800. The van der Waals surface area contributed by atoms with Crippen LogP contribution < -0.4 is 0 Å². The third-order valence-electron chi connectivity index (χ3n) is 2.84. The Morgan fingerprint density at radius 2 is 2.06 bits per heavy atom. The number of benzene rings is 1. The molecule has 0 radical (unpaired) electrons. The highest BCUT2D eigenvalue weighted by Gasteiger charge is 2.07. The minimum absolute atomic E-state index is 0.285. The van der Waals surface area contributed by atoms with Gasteiger partial charge in [-0.1, -0.05) is 49.0 Å². The summed E-state index contributed by atoms with van der Waals surface area (Å²) in [6.45, 7) is 3.58. The Kier molecular flexibility index (Phi) is 7.78. The van der Waals surface area contributed by atoms with Crippen LogP contribution in [0.15, 0.2) is 30.3 Å². The van der Waals surface area contributed by atoms with Gasteiger partial charge in [0.25, 0.3) is 0 Å². The molecule has 0 bridgehead atoms. The summed E-state index contributed by atoms with van der Waals surface area (Å²) in [7, 11) is 0. The molecule has 1 atom stereocenters. The zero-order chi connectivity index (χ0) is 13.2. The monoisotopic (exact) mass is 266 g/mol. The average Bonchev–Trinajstić information content (AvgIpc) is 2.39. The van der Waals surface area contributed by atoms with Crippen molar-refractivity contribution in [3.05, 3.63) is 35.9 Å². The van der Waals surface area contributed by atoms with E-state index in [1.807, 2.05) is 24.5 Å². The van der Waals surface area contributed by atoms with Crippen LogP contribution in [0.5, 0.6) is 0 Å². The molecule has 0 N–H and O–H groups in total. The van der Waals surface area contributed by atoms with E-state index in [4.69, 9.17) is 4.74 Å². The molecule has 0 unspecified atom stereocenters. The third-order valence-corrected chi connectivity index (χ3v) is 3.46. The number of thioether (sulfide) groups is 1. The van der Waals surface area contributed by atoms with Gasteiger partial charge in [0.1, 0.15) is 0 Å². The molecule has 2 nitrogen and oxygen atoms in total. The maximum absolute atomic E-state index is 11.2. The molecule has 0 aliphatic carbocycles. The molecule has 1 aromatic rings. The lowest BCUT2D eigenvalue weighted by Gasteiger charge is -2.09. The van der Waals surface area contributed by atoms with Crippen LogP contribution in [-0.2, 0) is 16.1 Å². The van der Waals surface area contributed by atoms with Crippen molar-refractivity contribution in [2.45, 2.75) is 32.8 Å². The van der Waals surface area contributed by atoms with Gasteiger partial charge in [0.2, 0.25) is 0 Å². The van der Waals surface area contributed by atoms with Crippen molar-refractivity contribution in [1.82, 2.24) is 0 Å². The van der Waals surface area contributed by atoms with E-state index in [-0.39, 0.29) is 5.12 Å².